The number of amides is 3. The number of hydrazine groups is 1. The maximum absolute atomic E-state index is 14.2. The number of benzene rings is 1. The van der Waals surface area contributed by atoms with E-state index in [1.54, 1.807) is 27.5 Å². The first-order valence-corrected chi connectivity index (χ1v) is 19.9. The van der Waals surface area contributed by atoms with Gasteiger partial charge in [0, 0.05) is 79.8 Å². The second kappa shape index (κ2) is 16.4. The number of likely N-dealkylation sites (N-methyl/N-ethyl adjacent to an activating group) is 1. The number of hydrogen-bond donors (Lipinski definition) is 2. The number of carbonyl (C=O) groups excluding carboxylic acids is 3. The molecule has 3 aromatic heterocycles. The Morgan fingerprint density at radius 3 is 2.75 bits per heavy atom. The molecule has 0 aliphatic carbocycles. The summed E-state index contributed by atoms with van der Waals surface area (Å²) in [5.41, 5.74) is 8.93. The van der Waals surface area contributed by atoms with E-state index in [2.05, 4.69) is 60.3 Å². The van der Waals surface area contributed by atoms with E-state index in [1.807, 2.05) is 32.2 Å². The number of pyridine rings is 1. The van der Waals surface area contributed by atoms with Crippen LogP contribution in [0.5, 0.6) is 0 Å². The molecule has 0 unspecified atom stereocenters. The number of thiazole rings is 1. The van der Waals surface area contributed by atoms with Gasteiger partial charge in [-0.05, 0) is 76.8 Å². The number of nitrogens with zero attached hydrogens (tertiary/aromatic N) is 5. The van der Waals surface area contributed by atoms with Crippen LogP contribution in [-0.4, -0.2) is 101 Å². The van der Waals surface area contributed by atoms with Crippen molar-refractivity contribution in [2.75, 3.05) is 41.0 Å². The Hall–Kier alpha value is -4.37. The van der Waals surface area contributed by atoms with Gasteiger partial charge >= 0.3 is 12.0 Å². The van der Waals surface area contributed by atoms with Crippen molar-refractivity contribution in [3.8, 4) is 22.5 Å². The highest BCUT2D eigenvalue weighted by Crippen LogP contribution is 2.42. The first-order valence-electron chi connectivity index (χ1n) is 19.0. The molecule has 13 nitrogen and oxygen atoms in total. The Morgan fingerprint density at radius 2 is 2.02 bits per heavy atom. The number of urea groups is 1. The first-order chi connectivity index (χ1) is 26.1. The molecule has 2 aliphatic rings. The highest BCUT2D eigenvalue weighted by molar-refractivity contribution is 7.10. The van der Waals surface area contributed by atoms with Crippen molar-refractivity contribution in [2.24, 2.45) is 5.41 Å². The topological polar surface area (TPSA) is 140 Å². The Morgan fingerprint density at radius 1 is 1.24 bits per heavy atom. The van der Waals surface area contributed by atoms with Gasteiger partial charge in [-0.2, -0.15) is 0 Å². The van der Waals surface area contributed by atoms with Crippen LogP contribution in [0, 0.1) is 5.41 Å². The van der Waals surface area contributed by atoms with E-state index in [0.717, 1.165) is 51.2 Å². The molecular weight excluding hydrogens is 719 g/mol. The molecule has 5 heterocycles. The Bertz CT molecular complexity index is 2040. The smallest absolute Gasteiger partial charge is 0.324 e. The van der Waals surface area contributed by atoms with Gasteiger partial charge in [-0.25, -0.2) is 15.2 Å². The summed E-state index contributed by atoms with van der Waals surface area (Å²) in [5, 5.41) is 8.20. The number of carbonyl (C=O) groups is 3. The minimum atomic E-state index is -0.946. The summed E-state index contributed by atoms with van der Waals surface area (Å²) in [7, 11) is 4.96. The van der Waals surface area contributed by atoms with E-state index >= 15 is 0 Å². The average Bonchev–Trinajstić information content (AvgIpc) is 3.77. The number of aromatic nitrogens is 3. The molecule has 6 rings (SSSR count). The van der Waals surface area contributed by atoms with Gasteiger partial charge in [-0.15, -0.1) is 11.3 Å². The van der Waals surface area contributed by atoms with Gasteiger partial charge in [0.2, 0.25) is 0 Å². The molecule has 14 heteroatoms. The van der Waals surface area contributed by atoms with E-state index in [4.69, 9.17) is 24.2 Å². The monoisotopic (exact) mass is 773 g/mol. The lowest BCUT2D eigenvalue weighted by atomic mass is 9.84. The largest absolute Gasteiger partial charge is 0.464 e. The highest BCUT2D eigenvalue weighted by Gasteiger charge is 2.36. The van der Waals surface area contributed by atoms with E-state index in [-0.39, 0.29) is 25.0 Å². The Labute approximate surface area is 327 Å². The van der Waals surface area contributed by atoms with Crippen LogP contribution in [0.25, 0.3) is 33.4 Å². The molecule has 3 atom stereocenters. The van der Waals surface area contributed by atoms with Crippen LogP contribution in [0.15, 0.2) is 41.9 Å². The summed E-state index contributed by atoms with van der Waals surface area (Å²) in [6.07, 6.45) is 3.46. The fourth-order valence-corrected chi connectivity index (χ4v) is 8.38. The zero-order valence-electron chi connectivity index (χ0n) is 33.5. The van der Waals surface area contributed by atoms with E-state index in [9.17, 15) is 14.4 Å². The van der Waals surface area contributed by atoms with Crippen LogP contribution in [0.4, 0.5) is 4.79 Å². The molecule has 296 valence electrons. The number of fused-ring (bicyclic) bond motifs is 6. The number of nitrogens with one attached hydrogen (secondary N) is 2. The molecule has 0 radical (unpaired) electrons. The van der Waals surface area contributed by atoms with Gasteiger partial charge in [0.05, 0.1) is 46.9 Å². The summed E-state index contributed by atoms with van der Waals surface area (Å²) in [4.78, 5) is 52.7. The van der Waals surface area contributed by atoms with Crippen molar-refractivity contribution in [2.45, 2.75) is 97.6 Å². The Kier molecular flexibility index (Phi) is 12.0. The maximum atomic E-state index is 14.2. The second-order valence-corrected chi connectivity index (χ2v) is 17.0. The summed E-state index contributed by atoms with van der Waals surface area (Å²) in [5.74, 6) is -0.763. The number of hydrogen-bond acceptors (Lipinski definition) is 10. The van der Waals surface area contributed by atoms with Gasteiger partial charge in [-0.1, -0.05) is 19.9 Å². The summed E-state index contributed by atoms with van der Waals surface area (Å²) in [6, 6.07) is 8.41. The van der Waals surface area contributed by atoms with Gasteiger partial charge in [0.25, 0.3) is 5.91 Å². The molecule has 1 fully saturated rings. The average molecular weight is 774 g/mol. The predicted molar refractivity (Wildman–Crippen MR) is 213 cm³/mol. The van der Waals surface area contributed by atoms with E-state index in [1.165, 1.54) is 21.2 Å². The lowest BCUT2D eigenvalue weighted by Gasteiger charge is -2.36. The normalized spacial score (nSPS) is 19.8. The molecule has 6 bridgehead atoms. The number of aryl methyl sites for hydroxylation is 1. The molecule has 0 spiro atoms. The van der Waals surface area contributed by atoms with Crippen LogP contribution < -0.4 is 10.7 Å². The van der Waals surface area contributed by atoms with Crippen LogP contribution in [0.3, 0.4) is 0 Å². The van der Waals surface area contributed by atoms with Crippen molar-refractivity contribution in [3.05, 3.63) is 58.2 Å². The van der Waals surface area contributed by atoms with Crippen LogP contribution in [0.1, 0.15) is 76.8 Å². The fraction of sp³-hybridized carbons (Fsp3) is 0.537. The second-order valence-electron chi connectivity index (χ2n) is 16.0. The fourth-order valence-electron chi connectivity index (χ4n) is 7.53. The van der Waals surface area contributed by atoms with E-state index < -0.39 is 35.1 Å². The number of rotatable bonds is 8. The van der Waals surface area contributed by atoms with Gasteiger partial charge in [-0.3, -0.25) is 19.6 Å². The van der Waals surface area contributed by atoms with E-state index in [0.29, 0.717) is 37.4 Å². The minimum Gasteiger partial charge on any atom is -0.464 e. The lowest BCUT2D eigenvalue weighted by Crippen LogP contribution is -2.61. The highest BCUT2D eigenvalue weighted by atomic mass is 32.1. The van der Waals surface area contributed by atoms with Crippen molar-refractivity contribution in [3.63, 3.8) is 0 Å². The molecule has 0 saturated carbocycles. The molecule has 2 N–H and O–H groups in total. The predicted octanol–water partition coefficient (Wildman–Crippen LogP) is 6.15. The SMILES string of the molecule is CCn1c(-c2cccnc2[C@H](C)OC)c2c3cc(ccc31)-c1csc(n1)C[C@H](NC(=O)N(C)CC(C)(C)OC)C(=O)N1CCC[C@H](N1)C(=O)OCC(C)(C)C2. The third-order valence-corrected chi connectivity index (χ3v) is 11.5. The molecule has 55 heavy (non-hydrogen) atoms. The van der Waals surface area contributed by atoms with Crippen molar-refractivity contribution >= 4 is 40.1 Å². The number of methoxy groups -OCH3 is 2. The molecule has 1 aromatic carbocycles. The summed E-state index contributed by atoms with van der Waals surface area (Å²) in [6.45, 7) is 13.7. The van der Waals surface area contributed by atoms with Gasteiger partial charge in [0.15, 0.2) is 0 Å². The zero-order chi connectivity index (χ0) is 39.7. The van der Waals surface area contributed by atoms with Crippen LogP contribution in [-0.2, 0) is 43.2 Å². The molecule has 1 saturated heterocycles. The number of ether oxygens (including phenoxy) is 3. The molecular formula is C41H55N7O6S. The Balaban J connectivity index is 1.46. The lowest BCUT2D eigenvalue weighted by molar-refractivity contribution is -0.155. The van der Waals surface area contributed by atoms with Gasteiger partial charge in [0.1, 0.15) is 12.1 Å². The first kappa shape index (κ1) is 40.3. The molecule has 4 aromatic rings. The van der Waals surface area contributed by atoms with Crippen molar-refractivity contribution < 1.29 is 28.6 Å². The number of cyclic esters (lactones) is 1. The standard InChI is InChI=1S/C41H55N7O6S/c1-10-47-33-16-15-26-19-28(33)29(36(47)27-13-11-17-42-35(27)25(2)52-8)21-40(3,4)24-54-38(50)30-14-12-18-48(45-30)37(49)31(20-34-43-32(26)22-55-34)44-39(51)46(7)23-41(5,6)53-9/h11,13,15-17,19,22,25,30-31,45H,10,12,14,18,20-21,23-24H2,1-9H3,(H,44,51)/t25-,30-,31-/m0/s1. The number of esters is 1. The van der Waals surface area contributed by atoms with Crippen molar-refractivity contribution in [1.29, 1.82) is 0 Å². The third kappa shape index (κ3) is 8.72. The van der Waals surface area contributed by atoms with Gasteiger partial charge < -0.3 is 29.0 Å². The summed E-state index contributed by atoms with van der Waals surface area (Å²) < 4.78 is 19.7. The zero-order valence-corrected chi connectivity index (χ0v) is 34.3. The summed E-state index contributed by atoms with van der Waals surface area (Å²) >= 11 is 1.45. The molecule has 3 amide bonds. The quantitative estimate of drug-likeness (QED) is 0.202. The maximum Gasteiger partial charge on any atom is 0.324 e. The molecule has 2 aliphatic heterocycles. The third-order valence-electron chi connectivity index (χ3n) is 10.7. The van der Waals surface area contributed by atoms with Crippen LogP contribution >= 0.6 is 11.3 Å². The van der Waals surface area contributed by atoms with Crippen molar-refractivity contribution in [1.82, 2.24) is 35.2 Å². The van der Waals surface area contributed by atoms with Crippen LogP contribution in [0.2, 0.25) is 0 Å². The minimum absolute atomic E-state index is 0.169.